The monoisotopic (exact) mass is 443 g/mol. The standard InChI is InChI=1S/C22H19Cl2N3OS/c1-27-11-10-18-19(13-27)29-22(25-12-14-2-4-15(23)5-3-14)20(18)21(28)26-17-8-6-16(24)7-9-17/h2-9,12H,10-11,13H2,1H3,(H,26,28)/b25-12+. The van der Waals surface area contributed by atoms with Crippen LogP contribution in [-0.4, -0.2) is 30.6 Å². The third-order valence-electron chi connectivity index (χ3n) is 4.76. The lowest BCUT2D eigenvalue weighted by molar-refractivity contribution is 0.102. The summed E-state index contributed by atoms with van der Waals surface area (Å²) in [7, 11) is 2.09. The summed E-state index contributed by atoms with van der Waals surface area (Å²) in [6.07, 6.45) is 2.61. The molecule has 4 nitrogen and oxygen atoms in total. The van der Waals surface area contributed by atoms with E-state index in [0.717, 1.165) is 35.6 Å². The minimum absolute atomic E-state index is 0.141. The maximum absolute atomic E-state index is 13.1. The number of benzene rings is 2. The minimum atomic E-state index is -0.141. The lowest BCUT2D eigenvalue weighted by Gasteiger charge is -2.22. The van der Waals surface area contributed by atoms with Crippen molar-refractivity contribution in [3.8, 4) is 0 Å². The number of halogens is 2. The largest absolute Gasteiger partial charge is 0.322 e. The van der Waals surface area contributed by atoms with Crippen LogP contribution in [0.15, 0.2) is 53.5 Å². The van der Waals surface area contributed by atoms with Gasteiger partial charge in [-0.1, -0.05) is 35.3 Å². The van der Waals surface area contributed by atoms with Crippen molar-refractivity contribution in [2.24, 2.45) is 4.99 Å². The topological polar surface area (TPSA) is 44.7 Å². The summed E-state index contributed by atoms with van der Waals surface area (Å²) in [6.45, 7) is 1.75. The van der Waals surface area contributed by atoms with E-state index in [1.807, 2.05) is 24.3 Å². The smallest absolute Gasteiger partial charge is 0.259 e. The zero-order chi connectivity index (χ0) is 20.4. The van der Waals surface area contributed by atoms with E-state index < -0.39 is 0 Å². The number of nitrogens with one attached hydrogen (secondary N) is 1. The Bertz CT molecular complexity index is 1060. The molecule has 1 aliphatic heterocycles. The van der Waals surface area contributed by atoms with Gasteiger partial charge in [0.2, 0.25) is 0 Å². The molecule has 1 aliphatic rings. The molecule has 1 aromatic heterocycles. The molecular formula is C22H19Cl2N3OS. The van der Waals surface area contributed by atoms with Crippen molar-refractivity contribution in [2.45, 2.75) is 13.0 Å². The van der Waals surface area contributed by atoms with Gasteiger partial charge in [-0.15, -0.1) is 11.3 Å². The van der Waals surface area contributed by atoms with Crippen molar-refractivity contribution in [3.63, 3.8) is 0 Å². The van der Waals surface area contributed by atoms with Gasteiger partial charge in [0.1, 0.15) is 5.00 Å². The maximum atomic E-state index is 13.1. The number of fused-ring (bicyclic) bond motifs is 1. The zero-order valence-electron chi connectivity index (χ0n) is 15.8. The molecule has 1 N–H and O–H groups in total. The van der Waals surface area contributed by atoms with Crippen LogP contribution in [0.4, 0.5) is 10.7 Å². The van der Waals surface area contributed by atoms with Gasteiger partial charge in [-0.05, 0) is 61.0 Å². The Morgan fingerprint density at radius 1 is 1.10 bits per heavy atom. The Labute approximate surface area is 183 Å². The van der Waals surface area contributed by atoms with E-state index in [-0.39, 0.29) is 5.91 Å². The van der Waals surface area contributed by atoms with E-state index >= 15 is 0 Å². The van der Waals surface area contributed by atoms with E-state index in [9.17, 15) is 4.79 Å². The Morgan fingerprint density at radius 3 is 2.45 bits per heavy atom. The van der Waals surface area contributed by atoms with Gasteiger partial charge in [-0.3, -0.25) is 4.79 Å². The fraction of sp³-hybridized carbons (Fsp3) is 0.182. The highest BCUT2D eigenvalue weighted by Crippen LogP contribution is 2.39. The number of rotatable bonds is 4. The molecule has 0 aliphatic carbocycles. The van der Waals surface area contributed by atoms with E-state index in [0.29, 0.717) is 21.3 Å². The van der Waals surface area contributed by atoms with Crippen molar-refractivity contribution in [3.05, 3.63) is 80.1 Å². The SMILES string of the molecule is CN1CCc2c(sc(/N=C/c3ccc(Cl)cc3)c2C(=O)Nc2ccc(Cl)cc2)C1. The molecule has 0 fully saturated rings. The molecule has 0 saturated heterocycles. The first-order chi connectivity index (χ1) is 14.0. The molecule has 1 amide bonds. The highest BCUT2D eigenvalue weighted by molar-refractivity contribution is 7.16. The maximum Gasteiger partial charge on any atom is 0.259 e. The molecule has 2 heterocycles. The lowest BCUT2D eigenvalue weighted by Crippen LogP contribution is -2.26. The molecule has 0 saturated carbocycles. The molecule has 0 radical (unpaired) electrons. The number of carbonyl (C=O) groups is 1. The normalized spacial score (nSPS) is 14.2. The molecule has 4 rings (SSSR count). The van der Waals surface area contributed by atoms with Gasteiger partial charge in [-0.2, -0.15) is 0 Å². The quantitative estimate of drug-likeness (QED) is 0.499. The number of nitrogens with zero attached hydrogens (tertiary/aromatic N) is 2. The number of likely N-dealkylation sites (N-methyl/N-ethyl adjacent to an activating group) is 1. The molecule has 148 valence electrons. The number of hydrogen-bond donors (Lipinski definition) is 1. The molecule has 29 heavy (non-hydrogen) atoms. The average Bonchev–Trinajstić information content (AvgIpc) is 3.06. The van der Waals surface area contributed by atoms with E-state index in [2.05, 4.69) is 22.3 Å². The Hall–Kier alpha value is -2.18. The fourth-order valence-electron chi connectivity index (χ4n) is 3.25. The highest BCUT2D eigenvalue weighted by Gasteiger charge is 2.26. The van der Waals surface area contributed by atoms with Crippen LogP contribution >= 0.6 is 34.5 Å². The van der Waals surface area contributed by atoms with Crippen molar-refractivity contribution < 1.29 is 4.79 Å². The molecule has 0 atom stereocenters. The number of hydrogen-bond acceptors (Lipinski definition) is 4. The first kappa shape index (κ1) is 20.1. The fourth-order valence-corrected chi connectivity index (χ4v) is 4.77. The predicted octanol–water partition coefficient (Wildman–Crippen LogP) is 6.05. The van der Waals surface area contributed by atoms with Gasteiger partial charge < -0.3 is 10.2 Å². The number of carbonyl (C=O) groups excluding carboxylic acids is 1. The van der Waals surface area contributed by atoms with Gasteiger partial charge >= 0.3 is 0 Å². The third-order valence-corrected chi connectivity index (χ3v) is 6.39. The Balaban J connectivity index is 1.67. The van der Waals surface area contributed by atoms with Crippen molar-refractivity contribution >= 4 is 57.3 Å². The second-order valence-electron chi connectivity index (χ2n) is 6.94. The third kappa shape index (κ3) is 4.70. The van der Waals surface area contributed by atoms with Gasteiger partial charge in [-0.25, -0.2) is 4.99 Å². The van der Waals surface area contributed by atoms with E-state index in [1.54, 1.807) is 41.8 Å². The predicted molar refractivity (Wildman–Crippen MR) is 122 cm³/mol. The summed E-state index contributed by atoms with van der Waals surface area (Å²) in [5, 5.41) is 5.02. The van der Waals surface area contributed by atoms with Gasteiger partial charge in [0, 0.05) is 39.9 Å². The van der Waals surface area contributed by atoms with Crippen LogP contribution in [0.1, 0.15) is 26.4 Å². The van der Waals surface area contributed by atoms with Crippen molar-refractivity contribution in [1.82, 2.24) is 4.90 Å². The van der Waals surface area contributed by atoms with Crippen LogP contribution in [0.2, 0.25) is 10.0 Å². The molecule has 0 spiro atoms. The summed E-state index contributed by atoms with van der Waals surface area (Å²) in [4.78, 5) is 21.3. The van der Waals surface area contributed by atoms with Gasteiger partial charge in [0.25, 0.3) is 5.91 Å². The Kier molecular flexibility index (Phi) is 6.01. The number of amides is 1. The first-order valence-corrected chi connectivity index (χ1v) is 10.8. The van der Waals surface area contributed by atoms with E-state index in [1.165, 1.54) is 4.88 Å². The zero-order valence-corrected chi connectivity index (χ0v) is 18.1. The summed E-state index contributed by atoms with van der Waals surface area (Å²) in [6, 6.07) is 14.6. The molecule has 2 aromatic carbocycles. The van der Waals surface area contributed by atoms with Crippen molar-refractivity contribution in [2.75, 3.05) is 18.9 Å². The average molecular weight is 444 g/mol. The van der Waals surface area contributed by atoms with Crippen LogP contribution in [0, 0.1) is 0 Å². The molecule has 7 heteroatoms. The van der Waals surface area contributed by atoms with Crippen molar-refractivity contribution in [1.29, 1.82) is 0 Å². The molecule has 0 unspecified atom stereocenters. The Morgan fingerprint density at radius 2 is 1.76 bits per heavy atom. The highest BCUT2D eigenvalue weighted by atomic mass is 35.5. The van der Waals surface area contributed by atoms with Crippen LogP contribution in [0.25, 0.3) is 0 Å². The summed E-state index contributed by atoms with van der Waals surface area (Å²) < 4.78 is 0. The van der Waals surface area contributed by atoms with Crippen LogP contribution in [0.5, 0.6) is 0 Å². The van der Waals surface area contributed by atoms with Crippen LogP contribution in [0.3, 0.4) is 0 Å². The van der Waals surface area contributed by atoms with Gasteiger partial charge in [0.05, 0.1) is 5.56 Å². The number of aliphatic imine (C=N–C) groups is 1. The second kappa shape index (κ2) is 8.67. The summed E-state index contributed by atoms with van der Waals surface area (Å²) >= 11 is 13.5. The number of thiophene rings is 1. The minimum Gasteiger partial charge on any atom is -0.322 e. The molecular weight excluding hydrogens is 425 g/mol. The first-order valence-electron chi connectivity index (χ1n) is 9.19. The lowest BCUT2D eigenvalue weighted by atomic mass is 10.0. The summed E-state index contributed by atoms with van der Waals surface area (Å²) in [5.41, 5.74) is 3.41. The van der Waals surface area contributed by atoms with E-state index in [4.69, 9.17) is 23.2 Å². The van der Waals surface area contributed by atoms with Crippen LogP contribution < -0.4 is 5.32 Å². The molecule has 3 aromatic rings. The van der Waals surface area contributed by atoms with Gasteiger partial charge in [0.15, 0.2) is 0 Å². The van der Waals surface area contributed by atoms with Crippen LogP contribution in [-0.2, 0) is 13.0 Å². The number of anilines is 1. The summed E-state index contributed by atoms with van der Waals surface area (Å²) in [5.74, 6) is -0.141. The second-order valence-corrected chi connectivity index (χ2v) is 8.90. The molecule has 0 bridgehead atoms.